The zero-order valence-corrected chi connectivity index (χ0v) is 10.6. The number of carbonyl (C=O) groups is 1. The fraction of sp³-hybridized carbons (Fsp3) is 0.231. The van der Waals surface area contributed by atoms with Gasteiger partial charge >= 0.3 is 6.18 Å². The van der Waals surface area contributed by atoms with E-state index in [-0.39, 0.29) is 11.1 Å². The molecule has 106 valence electrons. The second-order valence-electron chi connectivity index (χ2n) is 4.25. The van der Waals surface area contributed by atoms with Gasteiger partial charge in [0.1, 0.15) is 0 Å². The molecule has 0 atom stereocenters. The first-order chi connectivity index (χ1) is 9.31. The van der Waals surface area contributed by atoms with Gasteiger partial charge in [-0.05, 0) is 30.7 Å². The Morgan fingerprint density at radius 1 is 1.30 bits per heavy atom. The van der Waals surface area contributed by atoms with Crippen molar-refractivity contribution in [1.82, 2.24) is 9.78 Å². The summed E-state index contributed by atoms with van der Waals surface area (Å²) >= 11 is 0. The molecule has 1 amide bonds. The molecule has 0 fully saturated rings. The van der Waals surface area contributed by atoms with E-state index >= 15 is 0 Å². The van der Waals surface area contributed by atoms with Gasteiger partial charge in [-0.2, -0.15) is 18.3 Å². The predicted molar refractivity (Wildman–Crippen MR) is 66.9 cm³/mol. The molecule has 0 saturated heterocycles. The van der Waals surface area contributed by atoms with Crippen molar-refractivity contribution in [2.45, 2.75) is 19.6 Å². The molecule has 2 aromatic rings. The second kappa shape index (κ2) is 4.99. The van der Waals surface area contributed by atoms with Gasteiger partial charge < -0.3 is 5.73 Å². The van der Waals surface area contributed by atoms with Crippen LogP contribution >= 0.6 is 0 Å². The van der Waals surface area contributed by atoms with Crippen LogP contribution in [0.4, 0.5) is 13.2 Å². The molecule has 1 heterocycles. The summed E-state index contributed by atoms with van der Waals surface area (Å²) in [5, 5.41) is 4.00. The predicted octanol–water partition coefficient (Wildman–Crippen LogP) is 2.69. The number of carbonyl (C=O) groups excluding carboxylic acids is 1. The van der Waals surface area contributed by atoms with E-state index in [1.54, 1.807) is 10.9 Å². The van der Waals surface area contributed by atoms with Crippen LogP contribution in [-0.2, 0) is 12.7 Å². The summed E-state index contributed by atoms with van der Waals surface area (Å²) in [5.41, 5.74) is 4.74. The monoisotopic (exact) mass is 283 g/mol. The van der Waals surface area contributed by atoms with Crippen LogP contribution in [0.2, 0.25) is 0 Å². The van der Waals surface area contributed by atoms with Crippen molar-refractivity contribution in [3.8, 4) is 11.1 Å². The molecule has 0 bridgehead atoms. The summed E-state index contributed by atoms with van der Waals surface area (Å²) in [6.45, 7) is 2.46. The summed E-state index contributed by atoms with van der Waals surface area (Å²) in [5.74, 6) is -0.903. The van der Waals surface area contributed by atoms with Crippen molar-refractivity contribution in [3.63, 3.8) is 0 Å². The molecule has 0 unspecified atom stereocenters. The molecule has 4 nitrogen and oxygen atoms in total. The van der Waals surface area contributed by atoms with Gasteiger partial charge in [-0.15, -0.1) is 0 Å². The van der Waals surface area contributed by atoms with Gasteiger partial charge in [0.2, 0.25) is 5.91 Å². The van der Waals surface area contributed by atoms with Gasteiger partial charge in [-0.1, -0.05) is 0 Å². The smallest absolute Gasteiger partial charge is 0.366 e. The number of alkyl halides is 3. The highest BCUT2D eigenvalue weighted by Gasteiger charge is 2.31. The summed E-state index contributed by atoms with van der Waals surface area (Å²) in [4.78, 5) is 11.2. The Bertz CT molecular complexity index is 647. The molecule has 0 aliphatic carbocycles. The van der Waals surface area contributed by atoms with E-state index in [1.165, 1.54) is 12.3 Å². The van der Waals surface area contributed by atoms with Crippen molar-refractivity contribution < 1.29 is 18.0 Å². The van der Waals surface area contributed by atoms with E-state index in [9.17, 15) is 18.0 Å². The van der Waals surface area contributed by atoms with Gasteiger partial charge in [-0.3, -0.25) is 9.48 Å². The van der Waals surface area contributed by atoms with Crippen LogP contribution in [0.15, 0.2) is 30.6 Å². The van der Waals surface area contributed by atoms with Crippen molar-refractivity contribution >= 4 is 5.91 Å². The van der Waals surface area contributed by atoms with Crippen LogP contribution in [-0.4, -0.2) is 15.7 Å². The minimum Gasteiger partial charge on any atom is -0.366 e. The number of nitrogens with two attached hydrogens (primary N) is 1. The van der Waals surface area contributed by atoms with Crippen LogP contribution in [0.25, 0.3) is 11.1 Å². The van der Waals surface area contributed by atoms with Crippen molar-refractivity contribution in [2.75, 3.05) is 0 Å². The van der Waals surface area contributed by atoms with Gasteiger partial charge in [-0.25, -0.2) is 0 Å². The quantitative estimate of drug-likeness (QED) is 0.941. The Morgan fingerprint density at radius 3 is 2.50 bits per heavy atom. The second-order valence-corrected chi connectivity index (χ2v) is 4.25. The highest BCUT2D eigenvalue weighted by Crippen LogP contribution is 2.33. The van der Waals surface area contributed by atoms with Crippen LogP contribution in [0.1, 0.15) is 22.8 Å². The average Bonchev–Trinajstić information content (AvgIpc) is 2.86. The molecule has 0 saturated carbocycles. The molecular formula is C13H12F3N3O. The molecule has 0 spiro atoms. The average molecular weight is 283 g/mol. The van der Waals surface area contributed by atoms with Crippen molar-refractivity contribution in [3.05, 3.63) is 41.7 Å². The minimum absolute atomic E-state index is 0.181. The van der Waals surface area contributed by atoms with Crippen LogP contribution in [0, 0.1) is 0 Å². The zero-order chi connectivity index (χ0) is 14.9. The first kappa shape index (κ1) is 14.1. The number of aromatic nitrogens is 2. The number of rotatable bonds is 3. The van der Waals surface area contributed by atoms with Crippen LogP contribution < -0.4 is 5.73 Å². The number of amides is 1. The molecule has 0 radical (unpaired) electrons. The number of hydrogen-bond acceptors (Lipinski definition) is 2. The lowest BCUT2D eigenvalue weighted by atomic mass is 10.0. The maximum Gasteiger partial charge on any atom is 0.416 e. The van der Waals surface area contributed by atoms with Gasteiger partial charge in [0, 0.05) is 23.9 Å². The summed E-state index contributed by atoms with van der Waals surface area (Å²) in [6, 6.07) is 3.05. The Morgan fingerprint density at radius 2 is 2.00 bits per heavy atom. The third kappa shape index (κ3) is 2.81. The number of hydrogen-bond donors (Lipinski definition) is 1. The van der Waals surface area contributed by atoms with E-state index < -0.39 is 17.6 Å². The zero-order valence-electron chi connectivity index (χ0n) is 10.6. The molecular weight excluding hydrogens is 271 g/mol. The molecule has 2 N–H and O–H groups in total. The Balaban J connectivity index is 2.57. The standard InChI is InChI=1S/C13H12F3N3O/c1-2-19-7-10(6-18-19)8-3-9(12(17)20)5-11(4-8)13(14,15)16/h3-7H,2H2,1H3,(H2,17,20). The SMILES string of the molecule is CCn1cc(-c2cc(C(N)=O)cc(C(F)(F)F)c2)cn1. The number of halogens is 3. The van der Waals surface area contributed by atoms with Crippen LogP contribution in [0.5, 0.6) is 0 Å². The highest BCUT2D eigenvalue weighted by atomic mass is 19.4. The van der Waals surface area contributed by atoms with E-state index in [4.69, 9.17) is 5.73 Å². The Labute approximate surface area is 113 Å². The molecule has 7 heteroatoms. The molecule has 2 rings (SSSR count). The molecule has 1 aromatic heterocycles. The van der Waals surface area contributed by atoms with Crippen molar-refractivity contribution in [1.29, 1.82) is 0 Å². The van der Waals surface area contributed by atoms with Gasteiger partial charge in [0.25, 0.3) is 0 Å². The summed E-state index contributed by atoms with van der Waals surface area (Å²) < 4.78 is 40.1. The van der Waals surface area contributed by atoms with Gasteiger partial charge in [0.05, 0.1) is 11.8 Å². The van der Waals surface area contributed by atoms with E-state index in [0.29, 0.717) is 12.1 Å². The summed E-state index contributed by atoms with van der Waals surface area (Å²) in [7, 11) is 0. The summed E-state index contributed by atoms with van der Waals surface area (Å²) in [6.07, 6.45) is -1.48. The number of primary amides is 1. The normalized spacial score (nSPS) is 11.6. The first-order valence-corrected chi connectivity index (χ1v) is 5.86. The maximum atomic E-state index is 12.8. The largest absolute Gasteiger partial charge is 0.416 e. The number of aryl methyl sites for hydroxylation is 1. The van der Waals surface area contributed by atoms with E-state index in [0.717, 1.165) is 12.1 Å². The topological polar surface area (TPSA) is 60.9 Å². The fourth-order valence-corrected chi connectivity index (χ4v) is 1.79. The van der Waals surface area contributed by atoms with Crippen LogP contribution in [0.3, 0.4) is 0 Å². The molecule has 1 aromatic carbocycles. The van der Waals surface area contributed by atoms with E-state index in [1.807, 2.05) is 6.92 Å². The fourth-order valence-electron chi connectivity index (χ4n) is 1.79. The lowest BCUT2D eigenvalue weighted by molar-refractivity contribution is -0.137. The third-order valence-electron chi connectivity index (χ3n) is 2.84. The van der Waals surface area contributed by atoms with E-state index in [2.05, 4.69) is 5.10 Å². The number of nitrogens with zero attached hydrogens (tertiary/aromatic N) is 2. The third-order valence-corrected chi connectivity index (χ3v) is 2.84. The molecule has 0 aliphatic rings. The molecule has 20 heavy (non-hydrogen) atoms. The lowest BCUT2D eigenvalue weighted by Crippen LogP contribution is -2.14. The maximum absolute atomic E-state index is 12.8. The Kier molecular flexibility index (Phi) is 3.52. The molecule has 0 aliphatic heterocycles. The Hall–Kier alpha value is -2.31. The first-order valence-electron chi connectivity index (χ1n) is 5.86. The number of benzene rings is 1. The lowest BCUT2D eigenvalue weighted by Gasteiger charge is -2.10. The minimum atomic E-state index is -4.54. The van der Waals surface area contributed by atoms with Crippen molar-refractivity contribution in [2.24, 2.45) is 5.73 Å². The highest BCUT2D eigenvalue weighted by molar-refractivity contribution is 5.94. The van der Waals surface area contributed by atoms with Gasteiger partial charge in [0.15, 0.2) is 0 Å².